The van der Waals surface area contributed by atoms with Crippen LogP contribution >= 0.6 is 23.2 Å². The SMILES string of the molecule is C[Si](C)(C)CCOC(Cl)c1cc2nc(CCCCO)[nH]c2cc1C(Cl)OCC[Si](C)(C)C. The van der Waals surface area contributed by atoms with Crippen LogP contribution in [0.25, 0.3) is 11.0 Å². The largest absolute Gasteiger partial charge is 0.396 e. The first-order valence-corrected chi connectivity index (χ1v) is 19.8. The Morgan fingerprint density at radius 1 is 0.906 bits per heavy atom. The van der Waals surface area contributed by atoms with Crippen LogP contribution in [0.1, 0.15) is 40.9 Å². The van der Waals surface area contributed by atoms with Crippen molar-refractivity contribution in [3.8, 4) is 0 Å². The van der Waals surface area contributed by atoms with Crippen LogP contribution in [-0.4, -0.2) is 51.0 Å². The molecule has 182 valence electrons. The van der Waals surface area contributed by atoms with Crippen LogP contribution in [0.3, 0.4) is 0 Å². The van der Waals surface area contributed by atoms with Gasteiger partial charge in [0.1, 0.15) is 5.82 Å². The van der Waals surface area contributed by atoms with Crippen molar-refractivity contribution in [2.75, 3.05) is 19.8 Å². The lowest BCUT2D eigenvalue weighted by molar-refractivity contribution is 0.105. The number of benzene rings is 1. The zero-order valence-electron chi connectivity index (χ0n) is 20.4. The van der Waals surface area contributed by atoms with Gasteiger partial charge >= 0.3 is 0 Å². The number of aryl methyl sites for hydroxylation is 1. The molecule has 0 amide bonds. The first-order valence-electron chi connectivity index (χ1n) is 11.5. The van der Waals surface area contributed by atoms with E-state index in [2.05, 4.69) is 44.3 Å². The predicted molar refractivity (Wildman–Crippen MR) is 142 cm³/mol. The zero-order chi connectivity index (χ0) is 23.9. The third-order valence-corrected chi connectivity index (χ3v) is 9.41. The summed E-state index contributed by atoms with van der Waals surface area (Å²) >= 11 is 13.4. The maximum atomic E-state index is 9.04. The number of hydrogen-bond acceptors (Lipinski definition) is 4. The molecule has 0 saturated carbocycles. The average Bonchev–Trinajstić information content (AvgIpc) is 3.06. The lowest BCUT2D eigenvalue weighted by Gasteiger charge is -2.22. The van der Waals surface area contributed by atoms with Crippen molar-refractivity contribution in [1.29, 1.82) is 0 Å². The van der Waals surface area contributed by atoms with Gasteiger partial charge in [0, 0.05) is 53.5 Å². The maximum absolute atomic E-state index is 9.04. The van der Waals surface area contributed by atoms with Gasteiger partial charge in [0.05, 0.1) is 11.0 Å². The summed E-state index contributed by atoms with van der Waals surface area (Å²) in [6.07, 6.45) is 2.43. The van der Waals surface area contributed by atoms with E-state index in [1.165, 1.54) is 0 Å². The van der Waals surface area contributed by atoms with E-state index in [0.29, 0.717) is 13.2 Å². The molecule has 5 nitrogen and oxygen atoms in total. The molecule has 1 aromatic heterocycles. The molecule has 32 heavy (non-hydrogen) atoms. The molecule has 2 N–H and O–H groups in total. The monoisotopic (exact) mass is 518 g/mol. The minimum absolute atomic E-state index is 0.194. The Morgan fingerprint density at radius 2 is 1.44 bits per heavy atom. The molecule has 0 fully saturated rings. The molecule has 2 unspecified atom stereocenters. The number of alkyl halides is 2. The van der Waals surface area contributed by atoms with Crippen molar-refractivity contribution in [1.82, 2.24) is 9.97 Å². The summed E-state index contributed by atoms with van der Waals surface area (Å²) in [7, 11) is -2.44. The first-order chi connectivity index (χ1) is 14.9. The van der Waals surface area contributed by atoms with Crippen molar-refractivity contribution in [2.45, 2.75) is 81.8 Å². The number of hydrogen-bond donors (Lipinski definition) is 2. The van der Waals surface area contributed by atoms with E-state index in [4.69, 9.17) is 42.8 Å². The van der Waals surface area contributed by atoms with Crippen LogP contribution in [0.5, 0.6) is 0 Å². The Hall–Kier alpha value is -0.416. The van der Waals surface area contributed by atoms with Crippen LogP contribution in [0.4, 0.5) is 0 Å². The number of aromatic nitrogens is 2. The fraction of sp³-hybridized carbons (Fsp3) is 0.696. The average molecular weight is 520 g/mol. The van der Waals surface area contributed by atoms with E-state index in [1.54, 1.807) is 0 Å². The number of aliphatic hydroxyl groups is 1. The maximum Gasteiger partial charge on any atom is 0.157 e. The second-order valence-electron chi connectivity index (χ2n) is 10.9. The van der Waals surface area contributed by atoms with Crippen molar-refractivity contribution in [3.63, 3.8) is 0 Å². The molecular weight excluding hydrogens is 479 g/mol. The molecule has 0 aliphatic carbocycles. The first kappa shape index (κ1) is 27.8. The highest BCUT2D eigenvalue weighted by molar-refractivity contribution is 6.76. The summed E-state index contributed by atoms with van der Waals surface area (Å²) in [5, 5.41) is 9.04. The lowest BCUT2D eigenvalue weighted by Crippen LogP contribution is -2.22. The molecule has 2 aromatic rings. The number of halogens is 2. The number of imidazole rings is 1. The molecule has 0 radical (unpaired) electrons. The van der Waals surface area contributed by atoms with Crippen LogP contribution < -0.4 is 0 Å². The zero-order valence-corrected chi connectivity index (χ0v) is 23.9. The highest BCUT2D eigenvalue weighted by atomic mass is 35.5. The number of rotatable bonds is 14. The van der Waals surface area contributed by atoms with Crippen LogP contribution in [0, 0.1) is 0 Å². The van der Waals surface area contributed by atoms with E-state index < -0.39 is 27.3 Å². The molecule has 0 saturated heterocycles. The van der Waals surface area contributed by atoms with E-state index in [0.717, 1.165) is 59.3 Å². The standard InChI is InChI=1S/C23H40Cl2N2O3Si2/c1-31(2,3)13-11-29-22(24)17-15-19-20(27-21(26-19)9-7-8-10-28)16-18(17)23(25)30-12-14-32(4,5)6/h15-16,22-23,28H,7-14H2,1-6H3,(H,26,27). The van der Waals surface area contributed by atoms with Gasteiger partial charge in [0.15, 0.2) is 11.1 Å². The van der Waals surface area contributed by atoms with Gasteiger partial charge in [-0.25, -0.2) is 4.98 Å². The Kier molecular flexibility index (Phi) is 10.7. The fourth-order valence-electron chi connectivity index (χ4n) is 3.18. The van der Waals surface area contributed by atoms with E-state index in [-0.39, 0.29) is 6.61 Å². The summed E-state index contributed by atoms with van der Waals surface area (Å²) in [4.78, 5) is 8.10. The van der Waals surface area contributed by atoms with Gasteiger partial charge in [0.25, 0.3) is 0 Å². The molecule has 0 bridgehead atoms. The normalized spacial score (nSPS) is 14.8. The van der Waals surface area contributed by atoms with Crippen molar-refractivity contribution >= 4 is 50.4 Å². The van der Waals surface area contributed by atoms with Crippen LogP contribution in [-0.2, 0) is 15.9 Å². The summed E-state index contributed by atoms with van der Waals surface area (Å²) < 4.78 is 12.0. The quantitative estimate of drug-likeness (QED) is 0.159. The third kappa shape index (κ3) is 9.45. The minimum atomic E-state index is -1.22. The Labute approximate surface area is 205 Å². The summed E-state index contributed by atoms with van der Waals surface area (Å²) in [5.41, 5.74) is 2.18. The molecule has 0 spiro atoms. The van der Waals surface area contributed by atoms with Gasteiger partial charge in [-0.15, -0.1) is 0 Å². The number of aromatic amines is 1. The highest BCUT2D eigenvalue weighted by Gasteiger charge is 2.23. The van der Waals surface area contributed by atoms with E-state index in [9.17, 15) is 0 Å². The fourth-order valence-corrected chi connectivity index (χ4v) is 5.19. The van der Waals surface area contributed by atoms with Gasteiger partial charge in [-0.05, 0) is 37.1 Å². The molecule has 0 aliphatic rings. The van der Waals surface area contributed by atoms with E-state index in [1.807, 2.05) is 12.1 Å². The van der Waals surface area contributed by atoms with Crippen LogP contribution in [0.15, 0.2) is 12.1 Å². The predicted octanol–water partition coefficient (Wildman–Crippen LogP) is 7.06. The molecule has 1 aromatic carbocycles. The van der Waals surface area contributed by atoms with Crippen molar-refractivity contribution in [3.05, 3.63) is 29.1 Å². The Balaban J connectivity index is 2.26. The second kappa shape index (κ2) is 12.3. The highest BCUT2D eigenvalue weighted by Crippen LogP contribution is 2.36. The number of fused-ring (bicyclic) bond motifs is 1. The van der Waals surface area contributed by atoms with Gasteiger partial charge < -0.3 is 19.6 Å². The summed E-state index contributed by atoms with van der Waals surface area (Å²) in [6.45, 7) is 15.4. The second-order valence-corrected chi connectivity index (χ2v) is 22.9. The number of H-pyrrole nitrogens is 1. The van der Waals surface area contributed by atoms with Crippen molar-refractivity contribution < 1.29 is 14.6 Å². The molecule has 1 heterocycles. The number of nitrogens with one attached hydrogen (secondary N) is 1. The number of ether oxygens (including phenoxy) is 2. The Bertz CT molecular complexity index is 787. The molecule has 0 aliphatic heterocycles. The summed E-state index contributed by atoms with van der Waals surface area (Å²) in [5.74, 6) is 0.896. The molecular formula is C23H40Cl2N2O3Si2. The molecule has 9 heteroatoms. The molecule has 2 atom stereocenters. The summed E-state index contributed by atoms with van der Waals surface area (Å²) in [6, 6.07) is 6.06. The molecule has 2 rings (SSSR count). The third-order valence-electron chi connectivity index (χ3n) is 5.28. The number of unbranched alkanes of at least 4 members (excludes halogenated alkanes) is 1. The number of nitrogens with zero attached hydrogens (tertiary/aromatic N) is 1. The van der Waals surface area contributed by atoms with E-state index >= 15 is 0 Å². The Morgan fingerprint density at radius 3 is 1.94 bits per heavy atom. The topological polar surface area (TPSA) is 67.4 Å². The smallest absolute Gasteiger partial charge is 0.157 e. The van der Waals surface area contributed by atoms with Gasteiger partial charge in [-0.2, -0.15) is 0 Å². The number of aliphatic hydroxyl groups excluding tert-OH is 1. The van der Waals surface area contributed by atoms with Crippen LogP contribution in [0.2, 0.25) is 51.4 Å². The van der Waals surface area contributed by atoms with Gasteiger partial charge in [0.2, 0.25) is 0 Å². The van der Waals surface area contributed by atoms with Gasteiger partial charge in [-0.3, -0.25) is 0 Å². The lowest BCUT2D eigenvalue weighted by atomic mass is 10.1. The van der Waals surface area contributed by atoms with Crippen molar-refractivity contribution in [2.24, 2.45) is 0 Å². The van der Waals surface area contributed by atoms with Gasteiger partial charge in [-0.1, -0.05) is 62.5 Å². The minimum Gasteiger partial charge on any atom is -0.396 e.